The van der Waals surface area contributed by atoms with Gasteiger partial charge in [0, 0.05) is 28.9 Å². The molecule has 132 valence electrons. The van der Waals surface area contributed by atoms with Crippen molar-refractivity contribution >= 4 is 17.2 Å². The number of para-hydroxylation sites is 1. The summed E-state index contributed by atoms with van der Waals surface area (Å²) in [5.74, 6) is 0.780. The molecule has 1 aliphatic carbocycles. The third-order valence-corrected chi connectivity index (χ3v) is 5.48. The third-order valence-electron chi connectivity index (χ3n) is 4.79. The molecule has 1 saturated carbocycles. The van der Waals surface area contributed by atoms with Crippen molar-refractivity contribution in [1.29, 1.82) is 0 Å². The second kappa shape index (κ2) is 6.88. The van der Waals surface area contributed by atoms with Gasteiger partial charge in [-0.2, -0.15) is 11.3 Å². The third kappa shape index (κ3) is 2.97. The van der Waals surface area contributed by atoms with Crippen LogP contribution < -0.4 is 10.1 Å². The van der Waals surface area contributed by atoms with Crippen LogP contribution in [0, 0.1) is 0 Å². The van der Waals surface area contributed by atoms with Crippen LogP contribution in [-0.2, 0) is 16.8 Å². The molecule has 1 aliphatic rings. The first-order valence-corrected chi connectivity index (χ1v) is 9.43. The summed E-state index contributed by atoms with van der Waals surface area (Å²) in [6.45, 7) is 0.356. The molecule has 0 unspecified atom stereocenters. The molecule has 2 aromatic heterocycles. The Balaban J connectivity index is 1.54. The van der Waals surface area contributed by atoms with Gasteiger partial charge in [0.15, 0.2) is 0 Å². The van der Waals surface area contributed by atoms with E-state index in [9.17, 15) is 4.79 Å². The fourth-order valence-electron chi connectivity index (χ4n) is 3.25. The van der Waals surface area contributed by atoms with Crippen LogP contribution in [0.15, 0.2) is 53.5 Å². The lowest BCUT2D eigenvalue weighted by atomic mass is 9.94. The van der Waals surface area contributed by atoms with E-state index >= 15 is 0 Å². The van der Waals surface area contributed by atoms with Gasteiger partial charge in [-0.25, -0.2) is 0 Å². The van der Waals surface area contributed by atoms with Gasteiger partial charge in [-0.05, 0) is 30.4 Å². The molecule has 2 heterocycles. The van der Waals surface area contributed by atoms with Crippen LogP contribution in [0.2, 0.25) is 0 Å². The van der Waals surface area contributed by atoms with E-state index in [4.69, 9.17) is 4.74 Å². The van der Waals surface area contributed by atoms with E-state index in [1.807, 2.05) is 41.1 Å². The van der Waals surface area contributed by atoms with Crippen LogP contribution in [0.5, 0.6) is 5.75 Å². The zero-order valence-electron chi connectivity index (χ0n) is 14.4. The Morgan fingerprint density at radius 2 is 2.04 bits per heavy atom. The molecule has 1 aromatic carbocycles. The van der Waals surface area contributed by atoms with Crippen molar-refractivity contribution in [3.63, 3.8) is 0 Å². The van der Waals surface area contributed by atoms with Gasteiger partial charge in [0.05, 0.1) is 30.5 Å². The zero-order chi connectivity index (χ0) is 18.0. The molecule has 0 saturated heterocycles. The van der Waals surface area contributed by atoms with Crippen LogP contribution in [-0.4, -0.2) is 23.0 Å². The lowest BCUT2D eigenvalue weighted by molar-refractivity contribution is -0.123. The average Bonchev–Trinajstić information content (AvgIpc) is 3.32. The average molecular weight is 365 g/mol. The summed E-state index contributed by atoms with van der Waals surface area (Å²) in [6.07, 6.45) is 4.99. The van der Waals surface area contributed by atoms with Gasteiger partial charge in [-0.1, -0.05) is 18.2 Å². The molecule has 0 radical (unpaired) electrons. The number of aromatic nitrogens is 2. The molecule has 6 heteroatoms. The number of hydrogen-bond acceptors (Lipinski definition) is 5. The molecule has 1 amide bonds. The van der Waals surface area contributed by atoms with Crippen molar-refractivity contribution in [1.82, 2.24) is 15.3 Å². The minimum absolute atomic E-state index is 0.0175. The van der Waals surface area contributed by atoms with Crippen LogP contribution in [0.3, 0.4) is 0 Å². The number of methoxy groups -OCH3 is 1. The minimum Gasteiger partial charge on any atom is -0.496 e. The quantitative estimate of drug-likeness (QED) is 0.725. The first-order valence-electron chi connectivity index (χ1n) is 8.49. The van der Waals surface area contributed by atoms with E-state index in [-0.39, 0.29) is 5.91 Å². The van der Waals surface area contributed by atoms with E-state index in [1.165, 1.54) is 0 Å². The molecule has 5 nitrogen and oxygen atoms in total. The summed E-state index contributed by atoms with van der Waals surface area (Å²) >= 11 is 1.61. The highest BCUT2D eigenvalue weighted by Crippen LogP contribution is 2.51. The lowest BCUT2D eigenvalue weighted by Crippen LogP contribution is -2.35. The standard InChI is InChI=1S/C20H19N3O2S/c1-25-17-5-3-2-4-15(17)20(7-8-20)19(24)23-12-16-18(22-10-9-21-16)14-6-11-26-13-14/h2-6,9-11,13H,7-8,12H2,1H3,(H,23,24). The zero-order valence-corrected chi connectivity index (χ0v) is 15.3. The molecule has 1 N–H and O–H groups in total. The Labute approximate surface area is 156 Å². The van der Waals surface area contributed by atoms with Crippen molar-refractivity contribution in [3.05, 3.63) is 64.7 Å². The Hall–Kier alpha value is -2.73. The normalized spacial score (nSPS) is 14.7. The Morgan fingerprint density at radius 3 is 2.77 bits per heavy atom. The van der Waals surface area contributed by atoms with Crippen molar-refractivity contribution in [2.75, 3.05) is 7.11 Å². The highest BCUT2D eigenvalue weighted by atomic mass is 32.1. The largest absolute Gasteiger partial charge is 0.496 e. The highest BCUT2D eigenvalue weighted by molar-refractivity contribution is 7.08. The molecule has 3 aromatic rings. The fourth-order valence-corrected chi connectivity index (χ4v) is 3.89. The number of amides is 1. The van der Waals surface area contributed by atoms with Crippen molar-refractivity contribution in [2.24, 2.45) is 0 Å². The van der Waals surface area contributed by atoms with Gasteiger partial charge >= 0.3 is 0 Å². The molecule has 0 aliphatic heterocycles. The molecule has 0 bridgehead atoms. The van der Waals surface area contributed by atoms with E-state index in [0.717, 1.165) is 41.1 Å². The summed E-state index contributed by atoms with van der Waals surface area (Å²) in [6, 6.07) is 9.76. The Kier molecular flexibility index (Phi) is 4.42. The maximum atomic E-state index is 13.0. The van der Waals surface area contributed by atoms with Crippen LogP contribution in [0.4, 0.5) is 0 Å². The molecule has 26 heavy (non-hydrogen) atoms. The first kappa shape index (κ1) is 16.7. The van der Waals surface area contributed by atoms with E-state index in [0.29, 0.717) is 6.54 Å². The molecule has 0 atom stereocenters. The maximum Gasteiger partial charge on any atom is 0.231 e. The summed E-state index contributed by atoms with van der Waals surface area (Å²) in [7, 11) is 1.64. The second-order valence-corrected chi connectivity index (χ2v) is 7.11. The SMILES string of the molecule is COc1ccccc1C1(C(=O)NCc2nccnc2-c2ccsc2)CC1. The smallest absolute Gasteiger partial charge is 0.231 e. The number of carbonyl (C=O) groups is 1. The first-order chi connectivity index (χ1) is 12.7. The highest BCUT2D eigenvalue weighted by Gasteiger charge is 2.52. The summed E-state index contributed by atoms with van der Waals surface area (Å²) in [4.78, 5) is 21.8. The molecule has 1 fully saturated rings. The maximum absolute atomic E-state index is 13.0. The van der Waals surface area contributed by atoms with Crippen molar-refractivity contribution < 1.29 is 9.53 Å². The van der Waals surface area contributed by atoms with Gasteiger partial charge in [0.2, 0.25) is 5.91 Å². The van der Waals surface area contributed by atoms with E-state index in [1.54, 1.807) is 30.8 Å². The van der Waals surface area contributed by atoms with Gasteiger partial charge in [0.1, 0.15) is 5.75 Å². The monoisotopic (exact) mass is 365 g/mol. The molecule has 0 spiro atoms. The van der Waals surface area contributed by atoms with Crippen LogP contribution in [0.25, 0.3) is 11.3 Å². The number of carbonyl (C=O) groups excluding carboxylic acids is 1. The van der Waals surface area contributed by atoms with Crippen molar-refractivity contribution in [2.45, 2.75) is 24.8 Å². The minimum atomic E-state index is -0.489. The number of nitrogens with zero attached hydrogens (tertiary/aromatic N) is 2. The number of rotatable bonds is 6. The van der Waals surface area contributed by atoms with Gasteiger partial charge in [-0.15, -0.1) is 0 Å². The van der Waals surface area contributed by atoms with Gasteiger partial charge in [0.25, 0.3) is 0 Å². The summed E-state index contributed by atoms with van der Waals surface area (Å²) < 4.78 is 5.45. The van der Waals surface area contributed by atoms with E-state index < -0.39 is 5.41 Å². The number of hydrogen-bond donors (Lipinski definition) is 1. The lowest BCUT2D eigenvalue weighted by Gasteiger charge is -2.18. The van der Waals surface area contributed by atoms with Gasteiger partial charge in [-0.3, -0.25) is 14.8 Å². The van der Waals surface area contributed by atoms with Gasteiger partial charge < -0.3 is 10.1 Å². The van der Waals surface area contributed by atoms with Crippen LogP contribution in [0.1, 0.15) is 24.1 Å². The number of ether oxygens (including phenoxy) is 1. The molecular weight excluding hydrogens is 346 g/mol. The Morgan fingerprint density at radius 1 is 1.23 bits per heavy atom. The molecule has 4 rings (SSSR count). The van der Waals surface area contributed by atoms with Crippen molar-refractivity contribution in [3.8, 4) is 17.0 Å². The summed E-state index contributed by atoms with van der Waals surface area (Å²) in [5, 5.41) is 7.10. The summed E-state index contributed by atoms with van der Waals surface area (Å²) in [5.41, 5.74) is 3.08. The van der Waals surface area contributed by atoms with Crippen LogP contribution >= 0.6 is 11.3 Å². The fraction of sp³-hybridized carbons (Fsp3) is 0.250. The second-order valence-electron chi connectivity index (χ2n) is 6.33. The predicted molar refractivity (Wildman–Crippen MR) is 101 cm³/mol. The number of benzene rings is 1. The topological polar surface area (TPSA) is 64.1 Å². The Bertz CT molecular complexity index is 920. The number of nitrogens with one attached hydrogen (secondary N) is 1. The predicted octanol–water partition coefficient (Wildman–Crippen LogP) is 3.56. The molecular formula is C20H19N3O2S. The number of thiophene rings is 1. The van der Waals surface area contributed by atoms with E-state index in [2.05, 4.69) is 15.3 Å².